The molecule has 1 aromatic carbocycles. The predicted octanol–water partition coefficient (Wildman–Crippen LogP) is 3.51. The Labute approximate surface area is 121 Å². The highest BCUT2D eigenvalue weighted by Crippen LogP contribution is 2.22. The van der Waals surface area contributed by atoms with Crippen molar-refractivity contribution in [3.63, 3.8) is 0 Å². The second kappa shape index (κ2) is 6.60. The highest BCUT2D eigenvalue weighted by atomic mass is 16.1. The molecule has 3 heteroatoms. The van der Waals surface area contributed by atoms with Crippen LogP contribution in [0, 0.1) is 0 Å². The van der Waals surface area contributed by atoms with Gasteiger partial charge < -0.3 is 9.88 Å². The van der Waals surface area contributed by atoms with Gasteiger partial charge in [-0.15, -0.1) is 0 Å². The van der Waals surface area contributed by atoms with Crippen molar-refractivity contribution < 1.29 is 4.79 Å². The summed E-state index contributed by atoms with van der Waals surface area (Å²) in [5.74, 6) is 0.146. The number of nitrogens with one attached hydrogen (secondary N) is 1. The molecule has 0 aliphatic heterocycles. The number of hydrogen-bond acceptors (Lipinski definition) is 1. The summed E-state index contributed by atoms with van der Waals surface area (Å²) >= 11 is 0. The van der Waals surface area contributed by atoms with Crippen LogP contribution >= 0.6 is 0 Å². The summed E-state index contributed by atoms with van der Waals surface area (Å²) in [6.07, 6.45) is 4.51. The molecule has 2 rings (SSSR count). The summed E-state index contributed by atoms with van der Waals surface area (Å²) in [6, 6.07) is 8.67. The van der Waals surface area contributed by atoms with Crippen molar-refractivity contribution in [2.24, 2.45) is 0 Å². The summed E-state index contributed by atoms with van der Waals surface area (Å²) in [5.41, 5.74) is 2.52. The summed E-state index contributed by atoms with van der Waals surface area (Å²) in [7, 11) is 0. The average Bonchev–Trinajstić information content (AvgIpc) is 2.83. The first-order chi connectivity index (χ1) is 9.65. The second-order valence-electron chi connectivity index (χ2n) is 5.33. The maximum atomic E-state index is 11.9. The van der Waals surface area contributed by atoms with Crippen molar-refractivity contribution in [2.75, 3.05) is 0 Å². The van der Waals surface area contributed by atoms with Crippen LogP contribution in [-0.4, -0.2) is 16.5 Å². The Kier molecular flexibility index (Phi) is 4.83. The van der Waals surface area contributed by atoms with Crippen molar-refractivity contribution in [2.45, 2.75) is 52.6 Å². The maximum Gasteiger partial charge on any atom is 0.220 e. The van der Waals surface area contributed by atoms with E-state index in [-0.39, 0.29) is 11.9 Å². The van der Waals surface area contributed by atoms with Gasteiger partial charge in [0.05, 0.1) is 0 Å². The third-order valence-electron chi connectivity index (χ3n) is 3.85. The first-order valence-electron chi connectivity index (χ1n) is 7.51. The van der Waals surface area contributed by atoms with Crippen LogP contribution in [0.5, 0.6) is 0 Å². The predicted molar refractivity (Wildman–Crippen MR) is 83.8 cm³/mol. The number of para-hydroxylation sites is 1. The maximum absolute atomic E-state index is 11.9. The molecule has 20 heavy (non-hydrogen) atoms. The van der Waals surface area contributed by atoms with E-state index in [1.807, 2.05) is 6.92 Å². The fourth-order valence-electron chi connectivity index (χ4n) is 2.48. The number of carbonyl (C=O) groups is 1. The number of benzene rings is 1. The molecule has 1 atom stereocenters. The van der Waals surface area contributed by atoms with Gasteiger partial charge in [-0.3, -0.25) is 4.79 Å². The normalized spacial score (nSPS) is 12.6. The number of rotatable bonds is 6. The fourth-order valence-corrected chi connectivity index (χ4v) is 2.48. The number of nitrogens with zero attached hydrogens (tertiary/aromatic N) is 1. The van der Waals surface area contributed by atoms with Gasteiger partial charge in [0, 0.05) is 36.1 Å². The van der Waals surface area contributed by atoms with E-state index in [9.17, 15) is 4.79 Å². The van der Waals surface area contributed by atoms with E-state index in [0.29, 0.717) is 6.42 Å². The molecule has 1 amide bonds. The van der Waals surface area contributed by atoms with Crippen LogP contribution in [-0.2, 0) is 17.8 Å². The molecule has 1 heterocycles. The Hall–Kier alpha value is -1.77. The van der Waals surface area contributed by atoms with E-state index in [4.69, 9.17) is 0 Å². The summed E-state index contributed by atoms with van der Waals surface area (Å²) in [6.45, 7) is 7.23. The van der Waals surface area contributed by atoms with Gasteiger partial charge in [0.25, 0.3) is 0 Å². The highest BCUT2D eigenvalue weighted by Gasteiger charge is 2.10. The summed E-state index contributed by atoms with van der Waals surface area (Å²) < 4.78 is 2.25. The average molecular weight is 272 g/mol. The first-order valence-corrected chi connectivity index (χ1v) is 7.51. The lowest BCUT2D eigenvalue weighted by molar-refractivity contribution is -0.121. The molecule has 0 radical (unpaired) electrons. The Morgan fingerprint density at radius 3 is 2.75 bits per heavy atom. The quantitative estimate of drug-likeness (QED) is 0.858. The highest BCUT2D eigenvalue weighted by molar-refractivity contribution is 5.85. The van der Waals surface area contributed by atoms with Crippen molar-refractivity contribution in [3.8, 4) is 0 Å². The van der Waals surface area contributed by atoms with E-state index in [0.717, 1.165) is 19.4 Å². The second-order valence-corrected chi connectivity index (χ2v) is 5.33. The Morgan fingerprint density at radius 2 is 2.05 bits per heavy atom. The number of carbonyl (C=O) groups excluding carboxylic acids is 1. The molecule has 2 aromatic rings. The zero-order valence-corrected chi connectivity index (χ0v) is 12.6. The number of amides is 1. The standard InChI is InChI=1S/C17H24N2O/c1-4-13(3)18-17(20)11-10-14-12-19(5-2)16-9-7-6-8-15(14)16/h6-9,12-13H,4-5,10-11H2,1-3H3,(H,18,20)/t13-/m1/s1. The van der Waals surface area contributed by atoms with E-state index < -0.39 is 0 Å². The first kappa shape index (κ1) is 14.6. The van der Waals surface area contributed by atoms with Crippen LogP contribution in [0.4, 0.5) is 0 Å². The van der Waals surface area contributed by atoms with Crippen LogP contribution in [0.3, 0.4) is 0 Å². The molecule has 108 valence electrons. The minimum Gasteiger partial charge on any atom is -0.354 e. The lowest BCUT2D eigenvalue weighted by Gasteiger charge is -2.10. The van der Waals surface area contributed by atoms with Gasteiger partial charge in [-0.05, 0) is 38.3 Å². The monoisotopic (exact) mass is 272 g/mol. The summed E-state index contributed by atoms with van der Waals surface area (Å²) in [4.78, 5) is 11.9. The topological polar surface area (TPSA) is 34.0 Å². The van der Waals surface area contributed by atoms with Gasteiger partial charge in [-0.1, -0.05) is 25.1 Å². The van der Waals surface area contributed by atoms with Crippen molar-refractivity contribution >= 4 is 16.8 Å². The van der Waals surface area contributed by atoms with E-state index in [1.165, 1.54) is 16.5 Å². The van der Waals surface area contributed by atoms with Gasteiger partial charge in [0.15, 0.2) is 0 Å². The van der Waals surface area contributed by atoms with Crippen molar-refractivity contribution in [3.05, 3.63) is 36.0 Å². The number of aryl methyl sites for hydroxylation is 2. The molecular weight excluding hydrogens is 248 g/mol. The number of aromatic nitrogens is 1. The molecule has 0 aliphatic rings. The third kappa shape index (κ3) is 3.21. The fraction of sp³-hybridized carbons (Fsp3) is 0.471. The molecule has 0 saturated carbocycles. The minimum absolute atomic E-state index is 0.146. The van der Waals surface area contributed by atoms with Crippen molar-refractivity contribution in [1.82, 2.24) is 9.88 Å². The van der Waals surface area contributed by atoms with Crippen LogP contribution in [0.25, 0.3) is 10.9 Å². The van der Waals surface area contributed by atoms with Gasteiger partial charge in [-0.2, -0.15) is 0 Å². The minimum atomic E-state index is 0.146. The zero-order chi connectivity index (χ0) is 14.5. The zero-order valence-electron chi connectivity index (χ0n) is 12.6. The smallest absolute Gasteiger partial charge is 0.220 e. The van der Waals surface area contributed by atoms with E-state index in [1.54, 1.807) is 0 Å². The molecule has 0 bridgehead atoms. The molecule has 0 unspecified atom stereocenters. The lowest BCUT2D eigenvalue weighted by atomic mass is 10.1. The Bertz CT molecular complexity index is 586. The third-order valence-corrected chi connectivity index (χ3v) is 3.85. The molecule has 0 aliphatic carbocycles. The Morgan fingerprint density at radius 1 is 1.30 bits per heavy atom. The largest absolute Gasteiger partial charge is 0.354 e. The van der Waals surface area contributed by atoms with Crippen LogP contribution < -0.4 is 5.32 Å². The number of fused-ring (bicyclic) bond motifs is 1. The van der Waals surface area contributed by atoms with Crippen molar-refractivity contribution in [1.29, 1.82) is 0 Å². The molecule has 3 nitrogen and oxygen atoms in total. The van der Waals surface area contributed by atoms with E-state index in [2.05, 4.69) is 54.2 Å². The summed E-state index contributed by atoms with van der Waals surface area (Å²) in [5, 5.41) is 4.29. The SMILES string of the molecule is CC[C@@H](C)NC(=O)CCc1cn(CC)c2ccccc12. The molecule has 0 saturated heterocycles. The van der Waals surface area contributed by atoms with Crippen LogP contribution in [0.2, 0.25) is 0 Å². The Balaban J connectivity index is 2.08. The molecule has 1 N–H and O–H groups in total. The van der Waals surface area contributed by atoms with Gasteiger partial charge >= 0.3 is 0 Å². The molecule has 0 spiro atoms. The molecule has 1 aromatic heterocycles. The van der Waals surface area contributed by atoms with Gasteiger partial charge in [0.1, 0.15) is 0 Å². The van der Waals surface area contributed by atoms with Gasteiger partial charge in [0.2, 0.25) is 5.91 Å². The van der Waals surface area contributed by atoms with Crippen LogP contribution in [0.15, 0.2) is 30.5 Å². The van der Waals surface area contributed by atoms with E-state index >= 15 is 0 Å². The van der Waals surface area contributed by atoms with Crippen LogP contribution in [0.1, 0.15) is 39.2 Å². The number of hydrogen-bond donors (Lipinski definition) is 1. The lowest BCUT2D eigenvalue weighted by Crippen LogP contribution is -2.31. The van der Waals surface area contributed by atoms with Gasteiger partial charge in [-0.25, -0.2) is 0 Å². The molecular formula is C17H24N2O. The molecule has 0 fully saturated rings.